The Kier molecular flexibility index (Phi) is 2.06. The fourth-order valence-electron chi connectivity index (χ4n) is 1.54. The number of carbonyl (C=O) groups excluding carboxylic acids is 1. The van der Waals surface area contributed by atoms with E-state index >= 15 is 0 Å². The van der Waals surface area contributed by atoms with E-state index in [1.807, 2.05) is 18.2 Å². The Bertz CT molecular complexity index is 365. The highest BCUT2D eigenvalue weighted by Crippen LogP contribution is 2.17. The number of nitrogens with two attached hydrogens (primary N) is 1. The van der Waals surface area contributed by atoms with Gasteiger partial charge in [0.2, 0.25) is 5.91 Å². The molecule has 2 rings (SSSR count). The summed E-state index contributed by atoms with van der Waals surface area (Å²) in [6.07, 6.45) is 0.425. The number of carbonyl (C=O) groups is 1. The molecule has 13 heavy (non-hydrogen) atoms. The van der Waals surface area contributed by atoms with Crippen LogP contribution in [0, 0.1) is 0 Å². The number of hydrazine groups is 1. The first kappa shape index (κ1) is 8.67. The molecule has 0 bridgehead atoms. The molecule has 1 amide bonds. The summed E-state index contributed by atoms with van der Waals surface area (Å²) in [7, 11) is 2.66. The van der Waals surface area contributed by atoms with Crippen molar-refractivity contribution >= 4 is 20.5 Å². The molecule has 0 fully saturated rings. The summed E-state index contributed by atoms with van der Waals surface area (Å²) in [4.78, 5) is 11.3. The molecule has 1 aliphatic heterocycles. The predicted octanol–water partition coefficient (Wildman–Crippen LogP) is -0.0546. The van der Waals surface area contributed by atoms with Gasteiger partial charge in [-0.2, -0.15) is 0 Å². The molecule has 1 aliphatic rings. The zero-order valence-electron chi connectivity index (χ0n) is 7.16. The first-order valence-corrected chi connectivity index (χ1v) is 4.67. The van der Waals surface area contributed by atoms with Crippen molar-refractivity contribution in [1.82, 2.24) is 5.01 Å². The van der Waals surface area contributed by atoms with Gasteiger partial charge in [-0.3, -0.25) is 9.80 Å². The molecule has 4 heteroatoms. The minimum absolute atomic E-state index is 0.0110. The first-order chi connectivity index (χ1) is 6.18. The number of rotatable bonds is 0. The topological polar surface area (TPSA) is 46.3 Å². The third kappa shape index (κ3) is 1.45. The molecule has 1 aromatic rings. The molecular formula is C9H11N2OP. The van der Waals surface area contributed by atoms with E-state index in [2.05, 4.69) is 9.24 Å². The molecule has 0 spiro atoms. The molecule has 1 heterocycles. The molecule has 3 nitrogen and oxygen atoms in total. The second-order valence-electron chi connectivity index (χ2n) is 3.18. The van der Waals surface area contributed by atoms with Gasteiger partial charge in [0, 0.05) is 0 Å². The second kappa shape index (κ2) is 3.09. The standard InChI is InChI=1S/C9H11N2OP/c10-11-5-7-6(4-9(11)12)2-1-3-8(7)13/h1-3H,4-5,10,13H2. The van der Waals surface area contributed by atoms with Crippen LogP contribution in [0.1, 0.15) is 11.1 Å². The minimum atomic E-state index is -0.0110. The molecule has 0 aromatic heterocycles. The van der Waals surface area contributed by atoms with Crippen molar-refractivity contribution in [2.75, 3.05) is 0 Å². The fourth-order valence-corrected chi connectivity index (χ4v) is 1.92. The highest BCUT2D eigenvalue weighted by Gasteiger charge is 2.21. The maximum atomic E-state index is 11.3. The molecule has 2 N–H and O–H groups in total. The van der Waals surface area contributed by atoms with Crippen LogP contribution in [-0.2, 0) is 17.8 Å². The van der Waals surface area contributed by atoms with Gasteiger partial charge in [-0.1, -0.05) is 18.2 Å². The van der Waals surface area contributed by atoms with Crippen LogP contribution in [0.5, 0.6) is 0 Å². The highest BCUT2D eigenvalue weighted by molar-refractivity contribution is 7.27. The molecule has 0 saturated heterocycles. The lowest BCUT2D eigenvalue weighted by Crippen LogP contribution is -2.42. The van der Waals surface area contributed by atoms with Gasteiger partial charge in [0.1, 0.15) is 0 Å². The van der Waals surface area contributed by atoms with Gasteiger partial charge in [-0.25, -0.2) is 5.84 Å². The van der Waals surface area contributed by atoms with Gasteiger partial charge in [0.15, 0.2) is 0 Å². The maximum absolute atomic E-state index is 11.3. The van der Waals surface area contributed by atoms with Gasteiger partial charge in [-0.05, 0) is 16.4 Å². The number of benzene rings is 1. The summed E-state index contributed by atoms with van der Waals surface area (Å²) in [6.45, 7) is 0.522. The maximum Gasteiger partial charge on any atom is 0.241 e. The van der Waals surface area contributed by atoms with Gasteiger partial charge >= 0.3 is 0 Å². The Balaban J connectivity index is 2.48. The van der Waals surface area contributed by atoms with Crippen LogP contribution in [-0.4, -0.2) is 10.9 Å². The number of amides is 1. The van der Waals surface area contributed by atoms with Crippen molar-refractivity contribution in [2.24, 2.45) is 5.84 Å². The van der Waals surface area contributed by atoms with E-state index in [1.165, 1.54) is 5.01 Å². The highest BCUT2D eigenvalue weighted by atomic mass is 31.0. The van der Waals surface area contributed by atoms with E-state index < -0.39 is 0 Å². The summed E-state index contributed by atoms with van der Waals surface area (Å²) in [5, 5.41) is 2.40. The summed E-state index contributed by atoms with van der Waals surface area (Å²) < 4.78 is 0. The molecule has 0 aliphatic carbocycles. The molecular weight excluding hydrogens is 183 g/mol. The normalized spacial score (nSPS) is 15.8. The van der Waals surface area contributed by atoms with Crippen molar-refractivity contribution in [2.45, 2.75) is 13.0 Å². The molecule has 1 aromatic carbocycles. The summed E-state index contributed by atoms with van der Waals surface area (Å²) in [6, 6.07) is 5.95. The smallest absolute Gasteiger partial charge is 0.241 e. The van der Waals surface area contributed by atoms with E-state index in [9.17, 15) is 4.79 Å². The Labute approximate surface area is 79.1 Å². The first-order valence-electron chi connectivity index (χ1n) is 4.10. The van der Waals surface area contributed by atoms with Crippen molar-refractivity contribution in [1.29, 1.82) is 0 Å². The minimum Gasteiger partial charge on any atom is -0.276 e. The number of nitrogens with zero attached hydrogens (tertiary/aromatic N) is 1. The Morgan fingerprint density at radius 3 is 3.00 bits per heavy atom. The van der Waals surface area contributed by atoms with Crippen molar-refractivity contribution in [3.8, 4) is 0 Å². The lowest BCUT2D eigenvalue weighted by Gasteiger charge is -2.25. The van der Waals surface area contributed by atoms with Crippen LogP contribution < -0.4 is 11.1 Å². The SMILES string of the molecule is NN1Cc2c(P)cccc2CC1=O. The average molecular weight is 194 g/mol. The number of hydrogen-bond acceptors (Lipinski definition) is 2. The summed E-state index contributed by atoms with van der Waals surface area (Å²) in [5.74, 6) is 5.53. The van der Waals surface area contributed by atoms with E-state index in [4.69, 9.17) is 5.84 Å². The van der Waals surface area contributed by atoms with Crippen molar-refractivity contribution in [3.05, 3.63) is 29.3 Å². The van der Waals surface area contributed by atoms with Crippen LogP contribution in [0.15, 0.2) is 18.2 Å². The Morgan fingerprint density at radius 1 is 1.46 bits per heavy atom. The number of fused-ring (bicyclic) bond motifs is 1. The number of hydrogen-bond donors (Lipinski definition) is 1. The largest absolute Gasteiger partial charge is 0.276 e. The van der Waals surface area contributed by atoms with Crippen LogP contribution in [0.25, 0.3) is 0 Å². The van der Waals surface area contributed by atoms with Crippen molar-refractivity contribution in [3.63, 3.8) is 0 Å². The molecule has 0 saturated carbocycles. The monoisotopic (exact) mass is 194 g/mol. The summed E-state index contributed by atoms with van der Waals surface area (Å²) in [5.41, 5.74) is 2.26. The van der Waals surface area contributed by atoms with Gasteiger partial charge < -0.3 is 0 Å². The van der Waals surface area contributed by atoms with Crippen molar-refractivity contribution < 1.29 is 4.79 Å². The lowest BCUT2D eigenvalue weighted by atomic mass is 10.0. The van der Waals surface area contributed by atoms with E-state index in [0.29, 0.717) is 13.0 Å². The average Bonchev–Trinajstić information content (AvgIpc) is 2.09. The van der Waals surface area contributed by atoms with E-state index in [1.54, 1.807) is 0 Å². The predicted molar refractivity (Wildman–Crippen MR) is 54.2 cm³/mol. The lowest BCUT2D eigenvalue weighted by molar-refractivity contribution is -0.132. The molecule has 68 valence electrons. The van der Waals surface area contributed by atoms with E-state index in [0.717, 1.165) is 16.4 Å². The zero-order valence-corrected chi connectivity index (χ0v) is 8.31. The quantitative estimate of drug-likeness (QED) is 0.357. The third-order valence-corrected chi connectivity index (χ3v) is 2.84. The fraction of sp³-hybridized carbons (Fsp3) is 0.222. The van der Waals surface area contributed by atoms with Crippen LogP contribution in [0.3, 0.4) is 0 Å². The van der Waals surface area contributed by atoms with E-state index in [-0.39, 0.29) is 5.91 Å². The Morgan fingerprint density at radius 2 is 2.23 bits per heavy atom. The van der Waals surface area contributed by atoms with Gasteiger partial charge in [0.05, 0.1) is 13.0 Å². The third-order valence-electron chi connectivity index (χ3n) is 2.30. The van der Waals surface area contributed by atoms with Gasteiger partial charge in [0.25, 0.3) is 0 Å². The zero-order chi connectivity index (χ0) is 9.42. The Hall–Kier alpha value is -0.920. The van der Waals surface area contributed by atoms with Gasteiger partial charge in [-0.15, -0.1) is 9.24 Å². The molecule has 0 radical (unpaired) electrons. The second-order valence-corrected chi connectivity index (χ2v) is 3.81. The van der Waals surface area contributed by atoms with Crippen LogP contribution in [0.4, 0.5) is 0 Å². The van der Waals surface area contributed by atoms with Crippen LogP contribution >= 0.6 is 9.24 Å². The molecule has 1 atom stereocenters. The molecule has 1 unspecified atom stereocenters. The summed E-state index contributed by atoms with van der Waals surface area (Å²) >= 11 is 0. The van der Waals surface area contributed by atoms with Crippen LogP contribution in [0.2, 0.25) is 0 Å².